The normalized spacial score (nSPS) is 16.0. The topological polar surface area (TPSA) is 41.5 Å². The number of aliphatic hydroxyl groups is 1. The van der Waals surface area contributed by atoms with E-state index in [0.29, 0.717) is 26.1 Å². The zero-order valence-corrected chi connectivity index (χ0v) is 7.77. The molecule has 4 heteroatoms. The average molecular weight is 179 g/mol. The number of hydrogen-bond donors (Lipinski definition) is 2. The highest BCUT2D eigenvalue weighted by molar-refractivity contribution is 4.74. The van der Waals surface area contributed by atoms with Crippen molar-refractivity contribution in [3.63, 3.8) is 0 Å². The molecule has 0 aliphatic rings. The van der Waals surface area contributed by atoms with Gasteiger partial charge in [0.15, 0.2) is 0 Å². The minimum atomic E-state index is -0.800. The van der Waals surface area contributed by atoms with Crippen molar-refractivity contribution in [2.45, 2.75) is 18.9 Å². The van der Waals surface area contributed by atoms with Gasteiger partial charge in [0.25, 0.3) is 0 Å². The van der Waals surface area contributed by atoms with Crippen molar-refractivity contribution in [2.24, 2.45) is 0 Å². The molecule has 0 aromatic heterocycles. The molecule has 0 bridgehead atoms. The highest BCUT2D eigenvalue weighted by atomic mass is 19.1. The van der Waals surface area contributed by atoms with Crippen LogP contribution >= 0.6 is 0 Å². The maximum absolute atomic E-state index is 11.7. The summed E-state index contributed by atoms with van der Waals surface area (Å²) in [6.07, 6.45) is 0.558. The van der Waals surface area contributed by atoms with Gasteiger partial charge in [0, 0.05) is 33.2 Å². The Labute approximate surface area is 72.9 Å². The van der Waals surface area contributed by atoms with E-state index in [1.54, 1.807) is 14.0 Å². The summed E-state index contributed by atoms with van der Waals surface area (Å²) in [5, 5.41) is 12.4. The maximum Gasteiger partial charge on any atom is 0.102 e. The van der Waals surface area contributed by atoms with Crippen LogP contribution in [0.4, 0.5) is 4.39 Å². The van der Waals surface area contributed by atoms with Crippen molar-refractivity contribution in [3.05, 3.63) is 0 Å². The number of methoxy groups -OCH3 is 1. The zero-order valence-electron chi connectivity index (χ0n) is 7.77. The molecule has 0 heterocycles. The largest absolute Gasteiger partial charge is 0.389 e. The van der Waals surface area contributed by atoms with Crippen LogP contribution in [-0.4, -0.2) is 44.2 Å². The van der Waals surface area contributed by atoms with Gasteiger partial charge in [0.1, 0.15) is 6.67 Å². The molecule has 0 aromatic rings. The summed E-state index contributed by atoms with van der Waals surface area (Å²) in [6, 6.07) is 0. The monoisotopic (exact) mass is 179 g/mol. The van der Waals surface area contributed by atoms with Gasteiger partial charge in [-0.3, -0.25) is 0 Å². The summed E-state index contributed by atoms with van der Waals surface area (Å²) in [5.74, 6) is 0. The summed E-state index contributed by atoms with van der Waals surface area (Å²) in [4.78, 5) is 0. The average Bonchev–Trinajstić information content (AvgIpc) is 2.01. The van der Waals surface area contributed by atoms with Crippen LogP contribution in [0.15, 0.2) is 0 Å². The molecule has 0 fully saturated rings. The number of nitrogens with one attached hydrogen (secondary N) is 1. The molecule has 0 saturated carbocycles. The third-order valence-electron chi connectivity index (χ3n) is 1.62. The van der Waals surface area contributed by atoms with Gasteiger partial charge < -0.3 is 15.2 Å². The van der Waals surface area contributed by atoms with E-state index in [-0.39, 0.29) is 0 Å². The Balaban J connectivity index is 3.42. The van der Waals surface area contributed by atoms with Crippen LogP contribution in [-0.2, 0) is 4.74 Å². The van der Waals surface area contributed by atoms with Crippen molar-refractivity contribution in [2.75, 3.05) is 33.5 Å². The lowest BCUT2D eigenvalue weighted by Crippen LogP contribution is -2.39. The fourth-order valence-electron chi connectivity index (χ4n) is 0.835. The Morgan fingerprint density at radius 2 is 2.25 bits per heavy atom. The molecular weight excluding hydrogens is 161 g/mol. The van der Waals surface area contributed by atoms with E-state index in [9.17, 15) is 9.50 Å². The first-order valence-corrected chi connectivity index (χ1v) is 4.10. The van der Waals surface area contributed by atoms with Crippen LogP contribution in [0.2, 0.25) is 0 Å². The highest BCUT2D eigenvalue weighted by Gasteiger charge is 2.18. The van der Waals surface area contributed by atoms with E-state index in [1.807, 2.05) is 0 Å². The third-order valence-corrected chi connectivity index (χ3v) is 1.62. The number of halogens is 1. The van der Waals surface area contributed by atoms with Gasteiger partial charge in [-0.05, 0) is 6.92 Å². The molecule has 3 nitrogen and oxygen atoms in total. The minimum absolute atomic E-state index is 0.295. The molecule has 0 amide bonds. The second kappa shape index (κ2) is 6.34. The first-order valence-electron chi connectivity index (χ1n) is 4.10. The predicted molar refractivity (Wildman–Crippen MR) is 46.0 cm³/mol. The first-order chi connectivity index (χ1) is 5.62. The standard InChI is InChI=1S/C8H18FNO2/c1-8(11,3-6-12-2)7-10-5-4-9/h10-11H,3-7H2,1-2H3. The van der Waals surface area contributed by atoms with Crippen LogP contribution in [0.25, 0.3) is 0 Å². The van der Waals surface area contributed by atoms with Crippen molar-refractivity contribution < 1.29 is 14.2 Å². The van der Waals surface area contributed by atoms with Crippen LogP contribution in [0.1, 0.15) is 13.3 Å². The highest BCUT2D eigenvalue weighted by Crippen LogP contribution is 2.06. The van der Waals surface area contributed by atoms with Crippen molar-refractivity contribution in [1.29, 1.82) is 0 Å². The van der Waals surface area contributed by atoms with E-state index in [4.69, 9.17) is 4.74 Å². The summed E-state index contributed by atoms with van der Waals surface area (Å²) in [6.45, 7) is 2.52. The quantitative estimate of drug-likeness (QED) is 0.553. The molecule has 74 valence electrons. The lowest BCUT2D eigenvalue weighted by molar-refractivity contribution is 0.0249. The second-order valence-corrected chi connectivity index (χ2v) is 3.11. The summed E-state index contributed by atoms with van der Waals surface area (Å²) >= 11 is 0. The number of ether oxygens (including phenoxy) is 1. The van der Waals surface area contributed by atoms with E-state index in [0.717, 1.165) is 0 Å². The van der Waals surface area contributed by atoms with E-state index >= 15 is 0 Å². The van der Waals surface area contributed by atoms with Gasteiger partial charge in [-0.2, -0.15) is 0 Å². The molecule has 1 unspecified atom stereocenters. The fraction of sp³-hybridized carbons (Fsp3) is 1.00. The van der Waals surface area contributed by atoms with E-state index < -0.39 is 12.3 Å². The minimum Gasteiger partial charge on any atom is -0.389 e. The molecule has 0 aromatic carbocycles. The summed E-state index contributed by atoms with van der Waals surface area (Å²) in [5.41, 5.74) is -0.800. The van der Waals surface area contributed by atoms with Crippen molar-refractivity contribution in [1.82, 2.24) is 5.32 Å². The molecule has 0 spiro atoms. The van der Waals surface area contributed by atoms with Gasteiger partial charge >= 0.3 is 0 Å². The Hall–Kier alpha value is -0.190. The molecule has 0 rings (SSSR count). The summed E-state index contributed by atoms with van der Waals surface area (Å²) < 4.78 is 16.5. The Morgan fingerprint density at radius 1 is 1.58 bits per heavy atom. The van der Waals surface area contributed by atoms with Crippen molar-refractivity contribution >= 4 is 0 Å². The Bertz CT molecular complexity index is 109. The van der Waals surface area contributed by atoms with Crippen LogP contribution < -0.4 is 5.32 Å². The molecule has 1 atom stereocenters. The third kappa shape index (κ3) is 6.52. The number of rotatable bonds is 7. The lowest BCUT2D eigenvalue weighted by Gasteiger charge is -2.22. The molecular formula is C8H18FNO2. The fourth-order valence-corrected chi connectivity index (χ4v) is 0.835. The molecule has 0 saturated heterocycles. The van der Waals surface area contributed by atoms with Crippen LogP contribution in [0, 0.1) is 0 Å². The summed E-state index contributed by atoms with van der Waals surface area (Å²) in [7, 11) is 1.59. The maximum atomic E-state index is 11.7. The van der Waals surface area contributed by atoms with Crippen molar-refractivity contribution in [3.8, 4) is 0 Å². The Morgan fingerprint density at radius 3 is 2.75 bits per heavy atom. The molecule has 0 radical (unpaired) electrons. The molecule has 12 heavy (non-hydrogen) atoms. The number of hydrogen-bond acceptors (Lipinski definition) is 3. The van der Waals surface area contributed by atoms with E-state index in [1.165, 1.54) is 0 Å². The number of alkyl halides is 1. The molecule has 0 aliphatic heterocycles. The zero-order chi connectivity index (χ0) is 9.45. The SMILES string of the molecule is COCCC(C)(O)CNCCF. The smallest absolute Gasteiger partial charge is 0.102 e. The van der Waals surface area contributed by atoms with Gasteiger partial charge in [0.05, 0.1) is 5.60 Å². The van der Waals surface area contributed by atoms with Gasteiger partial charge in [0.2, 0.25) is 0 Å². The van der Waals surface area contributed by atoms with Crippen LogP contribution in [0.3, 0.4) is 0 Å². The molecule has 2 N–H and O–H groups in total. The second-order valence-electron chi connectivity index (χ2n) is 3.11. The Kier molecular flexibility index (Phi) is 6.24. The predicted octanol–water partition coefficient (Wildman–Crippen LogP) is 0.333. The molecule has 0 aliphatic carbocycles. The van der Waals surface area contributed by atoms with Gasteiger partial charge in [-0.1, -0.05) is 0 Å². The van der Waals surface area contributed by atoms with Crippen LogP contribution in [0.5, 0.6) is 0 Å². The first kappa shape index (κ1) is 11.8. The van der Waals surface area contributed by atoms with E-state index in [2.05, 4.69) is 5.32 Å². The van der Waals surface area contributed by atoms with Gasteiger partial charge in [-0.15, -0.1) is 0 Å². The lowest BCUT2D eigenvalue weighted by atomic mass is 10.0. The van der Waals surface area contributed by atoms with Gasteiger partial charge in [-0.25, -0.2) is 4.39 Å².